The standard InChI is InChI=1S/C21H22N4O3/c1-23-19(18(13-22-23)21(27)28)20(26)25-11-9-24(10-12-25)14-16-7-4-6-15-5-2-3-8-17(15)16/h2-8,13H,9-12,14H2,1H3,(H,27,28). The van der Waals surface area contributed by atoms with Crippen molar-refractivity contribution >= 4 is 22.6 Å². The molecule has 1 amide bonds. The van der Waals surface area contributed by atoms with Crippen molar-refractivity contribution in [1.82, 2.24) is 19.6 Å². The van der Waals surface area contributed by atoms with Gasteiger partial charge in [0.2, 0.25) is 0 Å². The first kappa shape index (κ1) is 18.2. The topological polar surface area (TPSA) is 78.7 Å². The summed E-state index contributed by atoms with van der Waals surface area (Å²) in [5, 5.41) is 15.7. The lowest BCUT2D eigenvalue weighted by molar-refractivity contribution is 0.0600. The Morgan fingerprint density at radius 3 is 2.50 bits per heavy atom. The van der Waals surface area contributed by atoms with Crippen molar-refractivity contribution in [2.45, 2.75) is 6.54 Å². The van der Waals surface area contributed by atoms with Crippen molar-refractivity contribution in [2.24, 2.45) is 7.05 Å². The molecule has 1 fully saturated rings. The zero-order chi connectivity index (χ0) is 19.7. The van der Waals surface area contributed by atoms with Gasteiger partial charge in [0.1, 0.15) is 11.3 Å². The van der Waals surface area contributed by atoms with Gasteiger partial charge in [-0.1, -0.05) is 42.5 Å². The number of fused-ring (bicyclic) bond motifs is 1. The highest BCUT2D eigenvalue weighted by atomic mass is 16.4. The third kappa shape index (κ3) is 3.36. The number of rotatable bonds is 4. The summed E-state index contributed by atoms with van der Waals surface area (Å²) in [5.74, 6) is -1.41. The van der Waals surface area contributed by atoms with E-state index in [-0.39, 0.29) is 17.2 Å². The molecule has 1 saturated heterocycles. The predicted molar refractivity (Wildman–Crippen MR) is 105 cm³/mol. The lowest BCUT2D eigenvalue weighted by atomic mass is 10.0. The van der Waals surface area contributed by atoms with Gasteiger partial charge in [0.15, 0.2) is 0 Å². The molecule has 144 valence electrons. The molecule has 7 nitrogen and oxygen atoms in total. The molecule has 28 heavy (non-hydrogen) atoms. The number of aromatic carboxylic acids is 1. The Morgan fingerprint density at radius 2 is 1.75 bits per heavy atom. The number of hydrogen-bond donors (Lipinski definition) is 1. The summed E-state index contributed by atoms with van der Waals surface area (Å²) >= 11 is 0. The number of carboxylic acid groups (broad SMARTS) is 1. The molecule has 2 aromatic carbocycles. The summed E-state index contributed by atoms with van der Waals surface area (Å²) < 4.78 is 1.34. The second-order valence-corrected chi connectivity index (χ2v) is 7.04. The van der Waals surface area contributed by atoms with E-state index < -0.39 is 5.97 Å². The minimum Gasteiger partial charge on any atom is -0.478 e. The molecule has 0 atom stereocenters. The molecule has 4 rings (SSSR count). The summed E-state index contributed by atoms with van der Waals surface area (Å²) in [4.78, 5) is 28.2. The number of aryl methyl sites for hydroxylation is 1. The van der Waals surface area contributed by atoms with Crippen LogP contribution in [0.15, 0.2) is 48.7 Å². The SMILES string of the molecule is Cn1ncc(C(=O)O)c1C(=O)N1CCN(Cc2cccc3ccccc23)CC1. The van der Waals surface area contributed by atoms with Crippen molar-refractivity contribution in [3.63, 3.8) is 0 Å². The van der Waals surface area contributed by atoms with E-state index in [4.69, 9.17) is 0 Å². The van der Waals surface area contributed by atoms with Gasteiger partial charge in [-0.3, -0.25) is 14.4 Å². The fraction of sp³-hybridized carbons (Fsp3) is 0.286. The quantitative estimate of drug-likeness (QED) is 0.753. The fourth-order valence-electron chi connectivity index (χ4n) is 3.78. The maximum Gasteiger partial charge on any atom is 0.339 e. The van der Waals surface area contributed by atoms with Crippen LogP contribution in [0.4, 0.5) is 0 Å². The zero-order valence-corrected chi connectivity index (χ0v) is 15.7. The Bertz CT molecular complexity index is 1030. The molecular formula is C21H22N4O3. The molecule has 0 aliphatic carbocycles. The zero-order valence-electron chi connectivity index (χ0n) is 15.7. The number of benzene rings is 2. The number of carbonyl (C=O) groups excluding carboxylic acids is 1. The van der Waals surface area contributed by atoms with Crippen LogP contribution in [0.25, 0.3) is 10.8 Å². The van der Waals surface area contributed by atoms with Crippen LogP contribution in [0.5, 0.6) is 0 Å². The van der Waals surface area contributed by atoms with Gasteiger partial charge in [-0.15, -0.1) is 0 Å². The minimum atomic E-state index is -1.13. The summed E-state index contributed by atoms with van der Waals surface area (Å²) in [7, 11) is 1.59. The van der Waals surface area contributed by atoms with Gasteiger partial charge in [0.25, 0.3) is 5.91 Å². The maximum absolute atomic E-state index is 12.8. The maximum atomic E-state index is 12.8. The van der Waals surface area contributed by atoms with E-state index in [1.54, 1.807) is 11.9 Å². The molecule has 0 saturated carbocycles. The largest absolute Gasteiger partial charge is 0.478 e. The van der Waals surface area contributed by atoms with Gasteiger partial charge < -0.3 is 10.0 Å². The molecule has 1 aliphatic rings. The van der Waals surface area contributed by atoms with Gasteiger partial charge in [-0.2, -0.15) is 5.10 Å². The average molecular weight is 378 g/mol. The van der Waals surface area contributed by atoms with Gasteiger partial charge in [-0.05, 0) is 16.3 Å². The van der Waals surface area contributed by atoms with Crippen LogP contribution < -0.4 is 0 Å². The van der Waals surface area contributed by atoms with Gasteiger partial charge in [0, 0.05) is 39.8 Å². The fourth-order valence-corrected chi connectivity index (χ4v) is 3.78. The Hall–Kier alpha value is -3.19. The number of carbonyl (C=O) groups is 2. The molecular weight excluding hydrogens is 356 g/mol. The van der Waals surface area contributed by atoms with Crippen molar-refractivity contribution < 1.29 is 14.7 Å². The van der Waals surface area contributed by atoms with Crippen LogP contribution in [0.1, 0.15) is 26.4 Å². The number of carboxylic acids is 1. The molecule has 1 N–H and O–H groups in total. The van der Waals surface area contributed by atoms with Crippen LogP contribution >= 0.6 is 0 Å². The Labute approximate surface area is 162 Å². The van der Waals surface area contributed by atoms with E-state index >= 15 is 0 Å². The second kappa shape index (κ2) is 7.44. The van der Waals surface area contributed by atoms with Gasteiger partial charge in [0.05, 0.1) is 6.20 Å². The number of aromatic nitrogens is 2. The summed E-state index contributed by atoms with van der Waals surface area (Å²) in [6.45, 7) is 3.45. The molecule has 0 spiro atoms. The van der Waals surface area contributed by atoms with E-state index in [0.29, 0.717) is 13.1 Å². The third-order valence-electron chi connectivity index (χ3n) is 5.31. The first-order chi connectivity index (χ1) is 13.5. The molecule has 1 aromatic heterocycles. The molecule has 0 bridgehead atoms. The normalized spacial score (nSPS) is 15.1. The summed E-state index contributed by atoms with van der Waals surface area (Å²) in [6.07, 6.45) is 1.23. The number of amides is 1. The lowest BCUT2D eigenvalue weighted by Crippen LogP contribution is -2.48. The first-order valence-electron chi connectivity index (χ1n) is 9.28. The Morgan fingerprint density at radius 1 is 1.04 bits per heavy atom. The van der Waals surface area contributed by atoms with E-state index in [2.05, 4.69) is 46.4 Å². The number of nitrogens with zero attached hydrogens (tertiary/aromatic N) is 4. The summed E-state index contributed by atoms with van der Waals surface area (Å²) in [5.41, 5.74) is 1.36. The van der Waals surface area contributed by atoms with Crippen LogP contribution in [0.3, 0.4) is 0 Å². The minimum absolute atomic E-state index is 0.0503. The average Bonchev–Trinajstić information content (AvgIpc) is 3.10. The highest BCUT2D eigenvalue weighted by Crippen LogP contribution is 2.21. The van der Waals surface area contributed by atoms with Crippen LogP contribution in [-0.2, 0) is 13.6 Å². The molecule has 3 aromatic rings. The monoisotopic (exact) mass is 378 g/mol. The number of hydrogen-bond acceptors (Lipinski definition) is 4. The highest BCUT2D eigenvalue weighted by molar-refractivity contribution is 6.03. The Balaban J connectivity index is 1.44. The Kier molecular flexibility index (Phi) is 4.83. The van der Waals surface area contributed by atoms with Crippen molar-refractivity contribution in [3.8, 4) is 0 Å². The van der Waals surface area contributed by atoms with E-state index in [1.165, 1.54) is 27.2 Å². The number of piperazine rings is 1. The molecule has 1 aliphatic heterocycles. The lowest BCUT2D eigenvalue weighted by Gasteiger charge is -2.35. The van der Waals surface area contributed by atoms with Gasteiger partial charge >= 0.3 is 5.97 Å². The van der Waals surface area contributed by atoms with Crippen LogP contribution in [0, 0.1) is 0 Å². The van der Waals surface area contributed by atoms with E-state index in [1.807, 2.05) is 6.07 Å². The van der Waals surface area contributed by atoms with Crippen molar-refractivity contribution in [3.05, 3.63) is 65.5 Å². The van der Waals surface area contributed by atoms with Crippen molar-refractivity contribution in [2.75, 3.05) is 26.2 Å². The van der Waals surface area contributed by atoms with E-state index in [0.717, 1.165) is 19.6 Å². The van der Waals surface area contributed by atoms with Crippen LogP contribution in [-0.4, -0.2) is 62.7 Å². The third-order valence-corrected chi connectivity index (χ3v) is 5.31. The molecule has 7 heteroatoms. The smallest absolute Gasteiger partial charge is 0.339 e. The van der Waals surface area contributed by atoms with E-state index in [9.17, 15) is 14.7 Å². The molecule has 2 heterocycles. The first-order valence-corrected chi connectivity index (χ1v) is 9.28. The highest BCUT2D eigenvalue weighted by Gasteiger charge is 2.28. The molecule has 0 unspecified atom stereocenters. The second-order valence-electron chi connectivity index (χ2n) is 7.04. The predicted octanol–water partition coefficient (Wildman–Crippen LogP) is 2.23. The van der Waals surface area contributed by atoms with Gasteiger partial charge in [-0.25, -0.2) is 4.79 Å². The summed E-state index contributed by atoms with van der Waals surface area (Å²) in [6, 6.07) is 14.7. The van der Waals surface area contributed by atoms with Crippen LogP contribution in [0.2, 0.25) is 0 Å². The van der Waals surface area contributed by atoms with Crippen molar-refractivity contribution in [1.29, 1.82) is 0 Å². The molecule has 0 radical (unpaired) electrons.